The third-order valence-electron chi connectivity index (χ3n) is 3.33. The highest BCUT2D eigenvalue weighted by Gasteiger charge is 2.25. The van der Waals surface area contributed by atoms with Crippen molar-refractivity contribution in [3.63, 3.8) is 0 Å². The number of nitrogens with zero attached hydrogens (tertiary/aromatic N) is 2. The maximum absolute atomic E-state index is 11.3. The zero-order chi connectivity index (χ0) is 11.8. The number of aromatic nitrogens is 2. The molecule has 0 radical (unpaired) electrons. The molecule has 1 saturated heterocycles. The van der Waals surface area contributed by atoms with Crippen LogP contribution in [0, 0.1) is 6.92 Å². The summed E-state index contributed by atoms with van der Waals surface area (Å²) in [7, 11) is 0. The van der Waals surface area contributed by atoms with Gasteiger partial charge in [0.05, 0.1) is 12.3 Å². The minimum Gasteiger partial charge on any atom is -0.381 e. The number of fused-ring (bicyclic) bond motifs is 1. The standard InChI is InChI=1S/C13H14N2O2/c1-9-3-2-4-12-14-13(10-5-6-17-8-10)11(7-16)15(9)12/h2-4,7,10H,5-6,8H2,1H3. The summed E-state index contributed by atoms with van der Waals surface area (Å²) < 4.78 is 7.29. The molecule has 4 nitrogen and oxygen atoms in total. The monoisotopic (exact) mass is 230 g/mol. The van der Waals surface area contributed by atoms with E-state index in [1.54, 1.807) is 0 Å². The fourth-order valence-electron chi connectivity index (χ4n) is 2.46. The summed E-state index contributed by atoms with van der Waals surface area (Å²) in [6.07, 6.45) is 1.85. The maximum Gasteiger partial charge on any atom is 0.168 e. The van der Waals surface area contributed by atoms with Gasteiger partial charge in [-0.1, -0.05) is 6.07 Å². The molecule has 88 valence electrons. The van der Waals surface area contributed by atoms with Gasteiger partial charge in [0.1, 0.15) is 11.3 Å². The van der Waals surface area contributed by atoms with E-state index < -0.39 is 0 Å². The van der Waals surface area contributed by atoms with Gasteiger partial charge < -0.3 is 4.74 Å². The van der Waals surface area contributed by atoms with Crippen LogP contribution < -0.4 is 0 Å². The van der Waals surface area contributed by atoms with Crippen LogP contribution in [0.5, 0.6) is 0 Å². The highest BCUT2D eigenvalue weighted by atomic mass is 16.5. The Morgan fingerprint density at radius 2 is 2.41 bits per heavy atom. The van der Waals surface area contributed by atoms with Gasteiger partial charge in [0, 0.05) is 18.2 Å². The predicted molar refractivity (Wildman–Crippen MR) is 63.5 cm³/mol. The van der Waals surface area contributed by atoms with E-state index in [-0.39, 0.29) is 5.92 Å². The predicted octanol–water partition coefficient (Wildman–Crippen LogP) is 1.96. The lowest BCUT2D eigenvalue weighted by molar-refractivity contribution is 0.111. The second-order valence-electron chi connectivity index (χ2n) is 4.42. The van der Waals surface area contributed by atoms with E-state index >= 15 is 0 Å². The van der Waals surface area contributed by atoms with Crippen molar-refractivity contribution in [2.24, 2.45) is 0 Å². The number of aldehydes is 1. The summed E-state index contributed by atoms with van der Waals surface area (Å²) in [6, 6.07) is 5.87. The number of imidazole rings is 1. The fraction of sp³-hybridized carbons (Fsp3) is 0.385. The second kappa shape index (κ2) is 3.96. The van der Waals surface area contributed by atoms with Gasteiger partial charge in [0.2, 0.25) is 0 Å². The van der Waals surface area contributed by atoms with E-state index in [1.165, 1.54) is 0 Å². The van der Waals surface area contributed by atoms with E-state index in [4.69, 9.17) is 4.74 Å². The first kappa shape index (κ1) is 10.5. The molecule has 0 amide bonds. The molecule has 2 aromatic rings. The third kappa shape index (κ3) is 1.56. The molecular formula is C13H14N2O2. The molecule has 0 spiro atoms. The highest BCUT2D eigenvalue weighted by Crippen LogP contribution is 2.27. The number of carbonyl (C=O) groups is 1. The van der Waals surface area contributed by atoms with Crippen LogP contribution in [0.15, 0.2) is 18.2 Å². The molecule has 4 heteroatoms. The van der Waals surface area contributed by atoms with Crippen LogP contribution in [0.25, 0.3) is 5.65 Å². The minimum absolute atomic E-state index is 0.259. The molecule has 0 bridgehead atoms. The highest BCUT2D eigenvalue weighted by molar-refractivity contribution is 5.77. The molecule has 2 aromatic heterocycles. The van der Waals surface area contributed by atoms with Crippen molar-refractivity contribution < 1.29 is 9.53 Å². The molecule has 1 atom stereocenters. The van der Waals surface area contributed by atoms with E-state index in [0.29, 0.717) is 12.3 Å². The van der Waals surface area contributed by atoms with Gasteiger partial charge in [0.25, 0.3) is 0 Å². The Morgan fingerprint density at radius 1 is 1.53 bits per heavy atom. The average Bonchev–Trinajstić information content (AvgIpc) is 2.95. The normalized spacial score (nSPS) is 19.9. The average molecular weight is 230 g/mol. The lowest BCUT2D eigenvalue weighted by Crippen LogP contribution is -2.03. The quantitative estimate of drug-likeness (QED) is 0.741. The molecule has 0 aliphatic carbocycles. The number of carbonyl (C=O) groups excluding carboxylic acids is 1. The molecule has 0 saturated carbocycles. The van der Waals surface area contributed by atoms with Crippen molar-refractivity contribution in [2.75, 3.05) is 13.2 Å². The Kier molecular flexibility index (Phi) is 2.44. The van der Waals surface area contributed by atoms with Crippen LogP contribution >= 0.6 is 0 Å². The Labute approximate surface area is 99.2 Å². The van der Waals surface area contributed by atoms with Crippen molar-refractivity contribution >= 4 is 11.9 Å². The first-order chi connectivity index (χ1) is 8.31. The summed E-state index contributed by atoms with van der Waals surface area (Å²) in [5.41, 5.74) is 3.43. The van der Waals surface area contributed by atoms with Crippen LogP contribution in [-0.2, 0) is 4.74 Å². The van der Waals surface area contributed by atoms with Gasteiger partial charge in [-0.15, -0.1) is 0 Å². The zero-order valence-corrected chi connectivity index (χ0v) is 9.72. The molecule has 3 heterocycles. The summed E-state index contributed by atoms with van der Waals surface area (Å²) in [4.78, 5) is 15.9. The van der Waals surface area contributed by atoms with Crippen LogP contribution in [0.3, 0.4) is 0 Å². The number of rotatable bonds is 2. The molecule has 1 aliphatic rings. The first-order valence-corrected chi connectivity index (χ1v) is 5.82. The Morgan fingerprint density at radius 3 is 3.12 bits per heavy atom. The van der Waals surface area contributed by atoms with Crippen LogP contribution in [-0.4, -0.2) is 28.9 Å². The summed E-state index contributed by atoms with van der Waals surface area (Å²) in [6.45, 7) is 3.41. The van der Waals surface area contributed by atoms with E-state index in [9.17, 15) is 4.79 Å². The van der Waals surface area contributed by atoms with Crippen molar-refractivity contribution in [1.82, 2.24) is 9.38 Å². The number of aryl methyl sites for hydroxylation is 1. The number of hydrogen-bond acceptors (Lipinski definition) is 3. The SMILES string of the molecule is Cc1cccc2nc(C3CCOC3)c(C=O)n12. The number of ether oxygens (including phenoxy) is 1. The summed E-state index contributed by atoms with van der Waals surface area (Å²) >= 11 is 0. The van der Waals surface area contributed by atoms with E-state index in [0.717, 1.165) is 36.3 Å². The Bertz CT molecular complexity index is 568. The van der Waals surface area contributed by atoms with Gasteiger partial charge >= 0.3 is 0 Å². The maximum atomic E-state index is 11.3. The largest absolute Gasteiger partial charge is 0.381 e. The van der Waals surface area contributed by atoms with Gasteiger partial charge in [-0.05, 0) is 25.5 Å². The van der Waals surface area contributed by atoms with E-state index in [1.807, 2.05) is 29.5 Å². The zero-order valence-electron chi connectivity index (χ0n) is 9.72. The van der Waals surface area contributed by atoms with Crippen molar-refractivity contribution in [1.29, 1.82) is 0 Å². The topological polar surface area (TPSA) is 43.6 Å². The van der Waals surface area contributed by atoms with Crippen molar-refractivity contribution in [3.05, 3.63) is 35.3 Å². The molecule has 1 aliphatic heterocycles. The minimum atomic E-state index is 0.259. The Hall–Kier alpha value is -1.68. The third-order valence-corrected chi connectivity index (χ3v) is 3.33. The molecular weight excluding hydrogens is 216 g/mol. The van der Waals surface area contributed by atoms with E-state index in [2.05, 4.69) is 4.98 Å². The Balaban J connectivity index is 2.24. The molecule has 0 N–H and O–H groups in total. The lowest BCUT2D eigenvalue weighted by Gasteiger charge is -2.04. The van der Waals surface area contributed by atoms with Crippen LogP contribution in [0.2, 0.25) is 0 Å². The summed E-state index contributed by atoms with van der Waals surface area (Å²) in [5.74, 6) is 0.259. The molecule has 17 heavy (non-hydrogen) atoms. The number of pyridine rings is 1. The molecule has 3 rings (SSSR count). The smallest absolute Gasteiger partial charge is 0.168 e. The van der Waals surface area contributed by atoms with Gasteiger partial charge in [0.15, 0.2) is 6.29 Å². The second-order valence-corrected chi connectivity index (χ2v) is 4.42. The van der Waals surface area contributed by atoms with Crippen molar-refractivity contribution in [2.45, 2.75) is 19.3 Å². The lowest BCUT2D eigenvalue weighted by atomic mass is 10.0. The molecule has 0 aromatic carbocycles. The van der Waals surface area contributed by atoms with Crippen molar-refractivity contribution in [3.8, 4) is 0 Å². The van der Waals surface area contributed by atoms with Crippen LogP contribution in [0.4, 0.5) is 0 Å². The van der Waals surface area contributed by atoms with Gasteiger partial charge in [-0.2, -0.15) is 0 Å². The van der Waals surface area contributed by atoms with Crippen LogP contribution in [0.1, 0.15) is 34.2 Å². The summed E-state index contributed by atoms with van der Waals surface area (Å²) in [5, 5.41) is 0. The first-order valence-electron chi connectivity index (χ1n) is 5.82. The van der Waals surface area contributed by atoms with Gasteiger partial charge in [-0.3, -0.25) is 9.20 Å². The van der Waals surface area contributed by atoms with Gasteiger partial charge in [-0.25, -0.2) is 4.98 Å². The molecule has 1 fully saturated rings. The number of hydrogen-bond donors (Lipinski definition) is 0. The molecule has 1 unspecified atom stereocenters. The fourth-order valence-corrected chi connectivity index (χ4v) is 2.46.